The minimum atomic E-state index is -0.581. The molecule has 17 heavy (non-hydrogen) atoms. The summed E-state index contributed by atoms with van der Waals surface area (Å²) in [5.41, 5.74) is -0.522. The van der Waals surface area contributed by atoms with Gasteiger partial charge in [0.15, 0.2) is 0 Å². The Morgan fingerprint density at radius 1 is 1.41 bits per heavy atom. The average molecular weight is 235 g/mol. The molecule has 0 spiro atoms. The van der Waals surface area contributed by atoms with E-state index in [1.54, 1.807) is 0 Å². The molecule has 1 nitrogen and oxygen atoms in total. The highest BCUT2D eigenvalue weighted by Gasteiger charge is 2.38. The van der Waals surface area contributed by atoms with Crippen LogP contribution in [0.2, 0.25) is 0 Å². The van der Waals surface area contributed by atoms with Crippen LogP contribution in [0.25, 0.3) is 0 Å². The van der Waals surface area contributed by atoms with Crippen molar-refractivity contribution in [2.45, 2.75) is 32.6 Å². The van der Waals surface area contributed by atoms with Crippen molar-refractivity contribution in [3.8, 4) is 6.07 Å². The third-order valence-corrected chi connectivity index (χ3v) is 3.67. The smallest absolute Gasteiger partial charge is 0.129 e. The van der Waals surface area contributed by atoms with E-state index in [4.69, 9.17) is 0 Å². The van der Waals surface area contributed by atoms with E-state index in [0.29, 0.717) is 5.92 Å². The van der Waals surface area contributed by atoms with Gasteiger partial charge in [0.25, 0.3) is 0 Å². The lowest BCUT2D eigenvalue weighted by molar-refractivity contribution is 0.375. The maximum Gasteiger partial charge on any atom is 0.129 e. The first kappa shape index (κ1) is 12.0. The number of nitrogens with zero attached hydrogens (tertiary/aromatic N) is 1. The third-order valence-electron chi connectivity index (χ3n) is 3.67. The Hall–Kier alpha value is -1.43. The van der Waals surface area contributed by atoms with E-state index in [0.717, 1.165) is 19.3 Å². The van der Waals surface area contributed by atoms with E-state index in [1.807, 2.05) is 0 Å². The Labute approximate surface area is 100 Å². The van der Waals surface area contributed by atoms with Crippen molar-refractivity contribution >= 4 is 0 Å². The van der Waals surface area contributed by atoms with Crippen LogP contribution in [0.4, 0.5) is 8.78 Å². The van der Waals surface area contributed by atoms with Gasteiger partial charge in [0.1, 0.15) is 11.6 Å². The molecule has 0 aromatic heterocycles. The summed E-state index contributed by atoms with van der Waals surface area (Å²) in [4.78, 5) is 0. The van der Waals surface area contributed by atoms with Gasteiger partial charge >= 0.3 is 0 Å². The van der Waals surface area contributed by atoms with Crippen molar-refractivity contribution < 1.29 is 8.78 Å². The van der Waals surface area contributed by atoms with Crippen LogP contribution in [0.3, 0.4) is 0 Å². The zero-order valence-electron chi connectivity index (χ0n) is 9.84. The molecule has 0 saturated heterocycles. The molecule has 0 radical (unpaired) electrons. The Kier molecular flexibility index (Phi) is 3.15. The number of nitriles is 1. The summed E-state index contributed by atoms with van der Waals surface area (Å²) in [6, 6.07) is 6.13. The second-order valence-corrected chi connectivity index (χ2v) is 5.12. The monoisotopic (exact) mass is 235 g/mol. The molecule has 0 amide bonds. The predicted octanol–water partition coefficient (Wildman–Crippen LogP) is 3.84. The van der Waals surface area contributed by atoms with E-state index in [9.17, 15) is 14.0 Å². The Morgan fingerprint density at radius 2 is 2.06 bits per heavy atom. The van der Waals surface area contributed by atoms with Gasteiger partial charge in [-0.05, 0) is 43.7 Å². The van der Waals surface area contributed by atoms with Crippen molar-refractivity contribution in [3.05, 3.63) is 35.4 Å². The fourth-order valence-corrected chi connectivity index (χ4v) is 2.74. The summed E-state index contributed by atoms with van der Waals surface area (Å²) >= 11 is 0. The van der Waals surface area contributed by atoms with E-state index in [-0.39, 0.29) is 12.0 Å². The van der Waals surface area contributed by atoms with Gasteiger partial charge in [-0.25, -0.2) is 8.78 Å². The molecule has 2 unspecified atom stereocenters. The Bertz CT molecular complexity index is 444. The van der Waals surface area contributed by atoms with Crippen molar-refractivity contribution in [1.82, 2.24) is 0 Å². The molecule has 2 rings (SSSR count). The highest BCUT2D eigenvalue weighted by Crippen LogP contribution is 2.44. The number of rotatable bonds is 2. The Morgan fingerprint density at radius 3 is 2.53 bits per heavy atom. The van der Waals surface area contributed by atoms with Gasteiger partial charge in [-0.1, -0.05) is 13.0 Å². The van der Waals surface area contributed by atoms with E-state index in [1.165, 1.54) is 18.2 Å². The molecule has 1 aromatic carbocycles. The molecular weight excluding hydrogens is 220 g/mol. The predicted molar refractivity (Wildman–Crippen MR) is 61.1 cm³/mol. The van der Waals surface area contributed by atoms with Crippen LogP contribution >= 0.6 is 0 Å². The normalized spacial score (nSPS) is 28.0. The minimum absolute atomic E-state index is 0.0585. The van der Waals surface area contributed by atoms with E-state index >= 15 is 0 Å². The molecular formula is C14H15F2N. The zero-order valence-corrected chi connectivity index (χ0v) is 9.84. The van der Waals surface area contributed by atoms with Gasteiger partial charge in [-0.2, -0.15) is 5.26 Å². The lowest BCUT2D eigenvalue weighted by Crippen LogP contribution is -2.19. The molecule has 1 fully saturated rings. The summed E-state index contributed by atoms with van der Waals surface area (Å²) in [5.74, 6) is -0.622. The second kappa shape index (κ2) is 4.44. The van der Waals surface area contributed by atoms with Crippen LogP contribution in [-0.2, 0) is 6.42 Å². The molecule has 3 heteroatoms. The first-order valence-electron chi connectivity index (χ1n) is 5.90. The molecule has 90 valence electrons. The molecule has 1 aliphatic rings. The topological polar surface area (TPSA) is 23.8 Å². The third kappa shape index (κ3) is 2.31. The summed E-state index contributed by atoms with van der Waals surface area (Å²) in [6.45, 7) is 2.08. The lowest BCUT2D eigenvalue weighted by Gasteiger charge is -2.21. The fourth-order valence-electron chi connectivity index (χ4n) is 2.74. The van der Waals surface area contributed by atoms with Gasteiger partial charge in [0.2, 0.25) is 0 Å². The van der Waals surface area contributed by atoms with E-state index < -0.39 is 17.0 Å². The molecule has 1 saturated carbocycles. The molecule has 0 heterocycles. The highest BCUT2D eigenvalue weighted by atomic mass is 19.1. The zero-order chi connectivity index (χ0) is 12.5. The summed E-state index contributed by atoms with van der Waals surface area (Å²) in [6.07, 6.45) is 2.62. The summed E-state index contributed by atoms with van der Waals surface area (Å²) in [5, 5.41) is 9.28. The average Bonchev–Trinajstić information content (AvgIpc) is 2.67. The minimum Gasteiger partial charge on any atom is -0.207 e. The summed E-state index contributed by atoms with van der Waals surface area (Å²) < 4.78 is 27.1. The second-order valence-electron chi connectivity index (χ2n) is 5.12. The molecule has 0 bridgehead atoms. The first-order chi connectivity index (χ1) is 8.06. The maximum absolute atomic E-state index is 13.6. The first-order valence-corrected chi connectivity index (χ1v) is 5.90. The van der Waals surface area contributed by atoms with Gasteiger partial charge in [-0.3, -0.25) is 0 Å². The van der Waals surface area contributed by atoms with Crippen molar-refractivity contribution in [1.29, 1.82) is 5.26 Å². The van der Waals surface area contributed by atoms with Crippen LogP contribution in [0.1, 0.15) is 31.7 Å². The van der Waals surface area contributed by atoms with Crippen LogP contribution in [0.15, 0.2) is 18.2 Å². The molecule has 1 aliphatic carbocycles. The van der Waals surface area contributed by atoms with Gasteiger partial charge in [0.05, 0.1) is 11.5 Å². The van der Waals surface area contributed by atoms with Crippen LogP contribution in [0, 0.1) is 34.3 Å². The maximum atomic E-state index is 13.6. The van der Waals surface area contributed by atoms with Gasteiger partial charge < -0.3 is 0 Å². The van der Waals surface area contributed by atoms with Crippen molar-refractivity contribution in [2.75, 3.05) is 0 Å². The molecule has 0 aliphatic heterocycles. The van der Waals surface area contributed by atoms with Gasteiger partial charge in [-0.15, -0.1) is 0 Å². The standard InChI is InChI=1S/C14H15F2N/c1-10-5-6-14(7-10,9-17)8-11-12(15)3-2-4-13(11)16/h2-4,10H,5-8H2,1H3. The highest BCUT2D eigenvalue weighted by molar-refractivity contribution is 5.24. The lowest BCUT2D eigenvalue weighted by atomic mass is 9.80. The van der Waals surface area contributed by atoms with Crippen LogP contribution < -0.4 is 0 Å². The molecule has 1 aromatic rings. The molecule has 2 atom stereocenters. The number of halogens is 2. The Balaban J connectivity index is 2.29. The SMILES string of the molecule is CC1CCC(C#N)(Cc2c(F)cccc2F)C1. The largest absolute Gasteiger partial charge is 0.207 e. The van der Waals surface area contributed by atoms with E-state index in [2.05, 4.69) is 13.0 Å². The fraction of sp³-hybridized carbons (Fsp3) is 0.500. The van der Waals surface area contributed by atoms with Crippen LogP contribution in [0.5, 0.6) is 0 Å². The molecule has 0 N–H and O–H groups in total. The van der Waals surface area contributed by atoms with Gasteiger partial charge in [0, 0.05) is 5.56 Å². The van der Waals surface area contributed by atoms with Crippen molar-refractivity contribution in [2.24, 2.45) is 11.3 Å². The van der Waals surface area contributed by atoms with Crippen molar-refractivity contribution in [3.63, 3.8) is 0 Å². The van der Waals surface area contributed by atoms with Crippen LogP contribution in [-0.4, -0.2) is 0 Å². The number of hydrogen-bond acceptors (Lipinski definition) is 1. The number of hydrogen-bond donors (Lipinski definition) is 0. The quantitative estimate of drug-likeness (QED) is 0.764. The number of benzene rings is 1. The summed E-state index contributed by atoms with van der Waals surface area (Å²) in [7, 11) is 0.